The third-order valence-corrected chi connectivity index (χ3v) is 8.10. The smallest absolute Gasteiger partial charge is 0.221 e. The van der Waals surface area contributed by atoms with Crippen LogP contribution in [0.5, 0.6) is 0 Å². The van der Waals surface area contributed by atoms with Crippen molar-refractivity contribution in [2.45, 2.75) is 88.8 Å². The minimum Gasteiger partial charge on any atom is -0.353 e. The first-order valence-corrected chi connectivity index (χ1v) is 13.3. The molecule has 180 valence electrons. The Hall–Kier alpha value is -2.59. The number of carbonyl (C=O) groups excluding carboxylic acids is 1. The number of benzene rings is 2. The Kier molecular flexibility index (Phi) is 7.34. The summed E-state index contributed by atoms with van der Waals surface area (Å²) in [6, 6.07) is 19.9. The second-order valence-electron chi connectivity index (χ2n) is 10.6. The van der Waals surface area contributed by atoms with Crippen molar-refractivity contribution in [2.75, 3.05) is 0 Å². The van der Waals surface area contributed by atoms with Crippen molar-refractivity contribution in [3.63, 3.8) is 0 Å². The minimum atomic E-state index is 0.0459. The van der Waals surface area contributed by atoms with Crippen molar-refractivity contribution < 1.29 is 4.79 Å². The van der Waals surface area contributed by atoms with E-state index in [0.717, 1.165) is 38.1 Å². The number of carbonyl (C=O) groups is 1. The van der Waals surface area contributed by atoms with E-state index in [2.05, 4.69) is 70.7 Å². The molecule has 2 saturated carbocycles. The summed E-state index contributed by atoms with van der Waals surface area (Å²) in [5.41, 5.74) is 9.85. The highest BCUT2D eigenvalue weighted by atomic mass is 16.1. The van der Waals surface area contributed by atoms with Gasteiger partial charge < -0.3 is 15.6 Å². The van der Waals surface area contributed by atoms with Crippen LogP contribution in [0.4, 0.5) is 0 Å². The van der Waals surface area contributed by atoms with E-state index in [-0.39, 0.29) is 17.9 Å². The fraction of sp³-hybridized carbons (Fsp3) is 0.500. The van der Waals surface area contributed by atoms with Gasteiger partial charge in [0.15, 0.2) is 0 Å². The third kappa shape index (κ3) is 5.38. The maximum atomic E-state index is 13.3. The Labute approximate surface area is 203 Å². The summed E-state index contributed by atoms with van der Waals surface area (Å²) in [5, 5.41) is 4.61. The lowest BCUT2D eigenvalue weighted by Gasteiger charge is -2.27. The summed E-state index contributed by atoms with van der Waals surface area (Å²) in [6.45, 7) is 1.08. The summed E-state index contributed by atoms with van der Waals surface area (Å²) >= 11 is 0. The van der Waals surface area contributed by atoms with E-state index in [9.17, 15) is 4.79 Å². The number of hydrogen-bond donors (Lipinski definition) is 2. The molecule has 0 saturated heterocycles. The normalized spacial score (nSPS) is 22.5. The summed E-state index contributed by atoms with van der Waals surface area (Å²) in [6.07, 6.45) is 13.6. The number of nitrogens with two attached hydrogens (primary N) is 1. The molecule has 3 aromatic rings. The van der Waals surface area contributed by atoms with E-state index < -0.39 is 0 Å². The lowest BCUT2D eigenvalue weighted by molar-refractivity contribution is -0.122. The van der Waals surface area contributed by atoms with Gasteiger partial charge in [0.2, 0.25) is 5.91 Å². The van der Waals surface area contributed by atoms with Crippen molar-refractivity contribution in [1.29, 1.82) is 0 Å². The average molecular weight is 458 g/mol. The van der Waals surface area contributed by atoms with Crippen LogP contribution >= 0.6 is 0 Å². The molecule has 1 amide bonds. The van der Waals surface area contributed by atoms with Gasteiger partial charge in [-0.1, -0.05) is 67.8 Å². The molecule has 2 aliphatic carbocycles. The molecule has 2 aromatic carbocycles. The van der Waals surface area contributed by atoms with Gasteiger partial charge in [0.25, 0.3) is 0 Å². The Morgan fingerprint density at radius 3 is 2.38 bits per heavy atom. The van der Waals surface area contributed by atoms with E-state index in [1.54, 1.807) is 0 Å². The molecule has 34 heavy (non-hydrogen) atoms. The van der Waals surface area contributed by atoms with Gasteiger partial charge in [-0.15, -0.1) is 0 Å². The van der Waals surface area contributed by atoms with Crippen molar-refractivity contribution in [1.82, 2.24) is 9.88 Å². The van der Waals surface area contributed by atoms with E-state index in [1.165, 1.54) is 54.1 Å². The molecule has 0 radical (unpaired) electrons. The first-order valence-electron chi connectivity index (χ1n) is 13.3. The van der Waals surface area contributed by atoms with Crippen LogP contribution in [-0.4, -0.2) is 22.6 Å². The van der Waals surface area contributed by atoms with E-state index in [0.29, 0.717) is 12.5 Å². The van der Waals surface area contributed by atoms with E-state index >= 15 is 0 Å². The fourth-order valence-electron chi connectivity index (χ4n) is 6.18. The molecular weight excluding hydrogens is 418 g/mol. The van der Waals surface area contributed by atoms with E-state index in [1.807, 2.05) is 0 Å². The summed E-state index contributed by atoms with van der Waals surface area (Å²) < 4.78 is 2.47. The second kappa shape index (κ2) is 10.8. The number of nitrogens with zero attached hydrogens (tertiary/aromatic N) is 1. The molecular formula is C30H39N3O. The Bertz CT molecular complexity index is 1070. The number of fused-ring (bicyclic) bond motifs is 1. The van der Waals surface area contributed by atoms with Crippen LogP contribution in [0.2, 0.25) is 0 Å². The molecule has 1 unspecified atom stereocenters. The quantitative estimate of drug-likeness (QED) is 0.448. The number of rotatable bonds is 7. The van der Waals surface area contributed by atoms with Crippen molar-refractivity contribution in [2.24, 2.45) is 11.7 Å². The van der Waals surface area contributed by atoms with Gasteiger partial charge in [-0.05, 0) is 61.6 Å². The Morgan fingerprint density at radius 1 is 0.912 bits per heavy atom. The molecule has 0 spiro atoms. The summed E-state index contributed by atoms with van der Waals surface area (Å²) in [5.74, 6) is 0.955. The molecule has 2 aliphatic rings. The van der Waals surface area contributed by atoms with Crippen LogP contribution in [0.25, 0.3) is 10.9 Å². The van der Waals surface area contributed by atoms with Crippen molar-refractivity contribution >= 4 is 16.8 Å². The lowest BCUT2D eigenvalue weighted by atomic mass is 9.87. The fourth-order valence-corrected chi connectivity index (χ4v) is 6.18. The largest absolute Gasteiger partial charge is 0.353 e. The molecule has 0 bridgehead atoms. The number of amides is 1. The average Bonchev–Trinajstić information content (AvgIpc) is 3.23. The van der Waals surface area contributed by atoms with Gasteiger partial charge in [0.1, 0.15) is 0 Å². The maximum Gasteiger partial charge on any atom is 0.221 e. The first-order chi connectivity index (χ1) is 16.7. The zero-order valence-electron chi connectivity index (χ0n) is 20.3. The van der Waals surface area contributed by atoms with Gasteiger partial charge >= 0.3 is 0 Å². The standard InChI is InChI=1S/C30H39N3O/c31-24-15-17-25(18-16-24)32-30(34)19-27(23-11-5-2-6-12-23)28-21-33(20-22-9-3-1-4-10-22)29-14-8-7-13-26(28)29/h2,5-8,11-14,21-22,24-25,27H,1,3-4,9-10,15-20,31H2,(H,32,34)/t24-,25-,27?. The van der Waals surface area contributed by atoms with Gasteiger partial charge in [0, 0.05) is 48.1 Å². The first kappa shape index (κ1) is 23.2. The molecule has 3 N–H and O–H groups in total. The highest BCUT2D eigenvalue weighted by Gasteiger charge is 2.26. The van der Waals surface area contributed by atoms with Crippen LogP contribution < -0.4 is 11.1 Å². The molecule has 2 fully saturated rings. The topological polar surface area (TPSA) is 60.0 Å². The molecule has 1 atom stereocenters. The predicted molar refractivity (Wildman–Crippen MR) is 140 cm³/mol. The number of hydrogen-bond acceptors (Lipinski definition) is 2. The predicted octanol–water partition coefficient (Wildman–Crippen LogP) is 6.13. The molecule has 1 heterocycles. The monoisotopic (exact) mass is 457 g/mol. The van der Waals surface area contributed by atoms with E-state index in [4.69, 9.17) is 5.73 Å². The molecule has 5 rings (SSSR count). The number of para-hydroxylation sites is 1. The van der Waals surface area contributed by atoms with Crippen LogP contribution in [0, 0.1) is 5.92 Å². The third-order valence-electron chi connectivity index (χ3n) is 8.10. The Balaban J connectivity index is 1.43. The highest BCUT2D eigenvalue weighted by molar-refractivity contribution is 5.86. The number of nitrogens with one attached hydrogen (secondary N) is 1. The lowest BCUT2D eigenvalue weighted by Crippen LogP contribution is -2.40. The van der Waals surface area contributed by atoms with Crippen LogP contribution in [0.1, 0.15) is 81.3 Å². The minimum absolute atomic E-state index is 0.0459. The maximum absolute atomic E-state index is 13.3. The van der Waals surface area contributed by atoms with Gasteiger partial charge in [0.05, 0.1) is 0 Å². The van der Waals surface area contributed by atoms with Crippen LogP contribution in [0.3, 0.4) is 0 Å². The van der Waals surface area contributed by atoms with Gasteiger partial charge in [-0.2, -0.15) is 0 Å². The SMILES string of the molecule is N[C@H]1CC[C@H](NC(=O)CC(c2ccccc2)c2cn(CC3CCCCC3)c3ccccc23)CC1. The highest BCUT2D eigenvalue weighted by Crippen LogP contribution is 2.36. The molecule has 4 heteroatoms. The second-order valence-corrected chi connectivity index (χ2v) is 10.6. The van der Waals surface area contributed by atoms with Crippen LogP contribution in [0.15, 0.2) is 60.8 Å². The Morgan fingerprint density at radius 2 is 1.62 bits per heavy atom. The van der Waals surface area contributed by atoms with Crippen molar-refractivity contribution in [3.05, 3.63) is 71.9 Å². The van der Waals surface area contributed by atoms with Crippen molar-refractivity contribution in [3.8, 4) is 0 Å². The molecule has 0 aliphatic heterocycles. The zero-order valence-corrected chi connectivity index (χ0v) is 20.3. The summed E-state index contributed by atoms with van der Waals surface area (Å²) in [4.78, 5) is 13.3. The van der Waals surface area contributed by atoms with Gasteiger partial charge in [-0.25, -0.2) is 0 Å². The molecule has 4 nitrogen and oxygen atoms in total. The number of aromatic nitrogens is 1. The molecule has 1 aromatic heterocycles. The summed E-state index contributed by atoms with van der Waals surface area (Å²) in [7, 11) is 0. The van der Waals surface area contributed by atoms with Crippen LogP contribution in [-0.2, 0) is 11.3 Å². The zero-order chi connectivity index (χ0) is 23.3. The van der Waals surface area contributed by atoms with Gasteiger partial charge in [-0.3, -0.25) is 4.79 Å².